The summed E-state index contributed by atoms with van der Waals surface area (Å²) in [5.74, 6) is -1.13. The number of benzene rings is 2. The number of Topliss-reactive ketones (excluding diaryl/α,β-unsaturated/α-hetero) is 1. The van der Waals surface area contributed by atoms with E-state index in [1.807, 2.05) is 18.2 Å². The highest BCUT2D eigenvalue weighted by Crippen LogP contribution is 2.28. The molecule has 2 aromatic carbocycles. The maximum Gasteiger partial charge on any atom is 0.235 e. The van der Waals surface area contributed by atoms with Gasteiger partial charge in [-0.25, -0.2) is 4.98 Å². The zero-order valence-electron chi connectivity index (χ0n) is 13.7. The van der Waals surface area contributed by atoms with Gasteiger partial charge in [0.1, 0.15) is 6.42 Å². The van der Waals surface area contributed by atoms with E-state index in [1.165, 1.54) is 18.3 Å². The number of amides is 2. The first kappa shape index (κ1) is 18.2. The van der Waals surface area contributed by atoms with Crippen molar-refractivity contribution in [3.63, 3.8) is 0 Å². The summed E-state index contributed by atoms with van der Waals surface area (Å²) in [6.07, 6.45) is -0.369. The second-order valence-electron chi connectivity index (χ2n) is 5.51. The first-order chi connectivity index (χ1) is 12.4. The molecule has 0 aliphatic heterocycles. The molecule has 0 fully saturated rings. The smallest absolute Gasteiger partial charge is 0.235 e. The van der Waals surface area contributed by atoms with Crippen LogP contribution in [0.25, 0.3) is 10.2 Å². The number of ketones is 1. The highest BCUT2D eigenvalue weighted by atomic mass is 79.9. The first-order valence-corrected chi connectivity index (χ1v) is 9.29. The van der Waals surface area contributed by atoms with Crippen LogP contribution in [0.15, 0.2) is 46.9 Å². The standard InChI is InChI=1S/C18H14BrN3O3S/c1-10(23)12-4-2-3-5-13(12)20-16(24)9-17(25)22-18-21-14-7-6-11(19)8-15(14)26-18/h2-8H,9H2,1H3,(H,20,24)(H,21,22,25). The van der Waals surface area contributed by atoms with E-state index in [0.717, 1.165) is 14.7 Å². The number of anilines is 2. The third-order valence-electron chi connectivity index (χ3n) is 3.50. The Labute approximate surface area is 161 Å². The van der Waals surface area contributed by atoms with Gasteiger partial charge in [-0.15, -0.1) is 0 Å². The van der Waals surface area contributed by atoms with Gasteiger partial charge in [-0.1, -0.05) is 39.4 Å². The Morgan fingerprint density at radius 1 is 1.08 bits per heavy atom. The molecule has 0 atom stereocenters. The number of para-hydroxylation sites is 1. The van der Waals surface area contributed by atoms with Crippen molar-refractivity contribution < 1.29 is 14.4 Å². The van der Waals surface area contributed by atoms with Gasteiger partial charge in [0.2, 0.25) is 11.8 Å². The number of thiazole rings is 1. The highest BCUT2D eigenvalue weighted by Gasteiger charge is 2.14. The normalized spacial score (nSPS) is 10.5. The number of aromatic nitrogens is 1. The lowest BCUT2D eigenvalue weighted by molar-refractivity contribution is -0.123. The van der Waals surface area contributed by atoms with Gasteiger partial charge in [-0.3, -0.25) is 14.4 Å². The van der Waals surface area contributed by atoms with Crippen molar-refractivity contribution in [1.29, 1.82) is 0 Å². The number of halogens is 1. The molecule has 0 saturated heterocycles. The molecule has 6 nitrogen and oxygen atoms in total. The summed E-state index contributed by atoms with van der Waals surface area (Å²) in [5.41, 5.74) is 1.56. The van der Waals surface area contributed by atoms with Crippen LogP contribution in [0.3, 0.4) is 0 Å². The fourth-order valence-electron chi connectivity index (χ4n) is 2.35. The largest absolute Gasteiger partial charge is 0.325 e. The summed E-state index contributed by atoms with van der Waals surface area (Å²) in [6, 6.07) is 12.3. The quantitative estimate of drug-likeness (QED) is 0.467. The molecular formula is C18H14BrN3O3S. The Morgan fingerprint density at radius 3 is 2.58 bits per heavy atom. The molecule has 132 valence electrons. The number of hydrogen-bond acceptors (Lipinski definition) is 5. The molecule has 3 rings (SSSR count). The van der Waals surface area contributed by atoms with E-state index in [0.29, 0.717) is 16.4 Å². The maximum absolute atomic E-state index is 12.1. The maximum atomic E-state index is 12.1. The van der Waals surface area contributed by atoms with Gasteiger partial charge in [0.15, 0.2) is 10.9 Å². The van der Waals surface area contributed by atoms with E-state index in [4.69, 9.17) is 0 Å². The molecule has 26 heavy (non-hydrogen) atoms. The number of hydrogen-bond donors (Lipinski definition) is 2. The average molecular weight is 432 g/mol. The summed E-state index contributed by atoms with van der Waals surface area (Å²) in [6.45, 7) is 1.42. The van der Waals surface area contributed by atoms with Crippen LogP contribution in [0.1, 0.15) is 23.7 Å². The van der Waals surface area contributed by atoms with Crippen molar-refractivity contribution in [1.82, 2.24) is 4.98 Å². The predicted molar refractivity (Wildman–Crippen MR) is 106 cm³/mol. The van der Waals surface area contributed by atoms with Gasteiger partial charge >= 0.3 is 0 Å². The van der Waals surface area contributed by atoms with Gasteiger partial charge in [-0.05, 0) is 37.3 Å². The van der Waals surface area contributed by atoms with Crippen LogP contribution in [0.5, 0.6) is 0 Å². The van der Waals surface area contributed by atoms with Crippen molar-refractivity contribution in [3.05, 3.63) is 52.5 Å². The molecule has 2 N–H and O–H groups in total. The third kappa shape index (κ3) is 4.33. The fraction of sp³-hybridized carbons (Fsp3) is 0.111. The second kappa shape index (κ2) is 7.76. The summed E-state index contributed by atoms with van der Waals surface area (Å²) in [5, 5.41) is 5.66. The van der Waals surface area contributed by atoms with E-state index in [9.17, 15) is 14.4 Å². The molecular weight excluding hydrogens is 418 g/mol. The zero-order chi connectivity index (χ0) is 18.7. The van der Waals surface area contributed by atoms with E-state index in [1.54, 1.807) is 24.3 Å². The van der Waals surface area contributed by atoms with E-state index < -0.39 is 11.8 Å². The lowest BCUT2D eigenvalue weighted by Gasteiger charge is -2.08. The molecule has 0 spiro atoms. The van der Waals surface area contributed by atoms with Crippen molar-refractivity contribution in [2.75, 3.05) is 10.6 Å². The van der Waals surface area contributed by atoms with Crippen LogP contribution >= 0.6 is 27.3 Å². The Bertz CT molecular complexity index is 1020. The molecule has 0 unspecified atom stereocenters. The molecule has 0 radical (unpaired) electrons. The van der Waals surface area contributed by atoms with Crippen LogP contribution in [0, 0.1) is 0 Å². The number of nitrogens with zero attached hydrogens (tertiary/aromatic N) is 1. The lowest BCUT2D eigenvalue weighted by Crippen LogP contribution is -2.22. The van der Waals surface area contributed by atoms with E-state index >= 15 is 0 Å². The molecule has 0 bridgehead atoms. The van der Waals surface area contributed by atoms with Crippen LogP contribution in [-0.2, 0) is 9.59 Å². The predicted octanol–water partition coefficient (Wildman–Crippen LogP) is 4.23. The summed E-state index contributed by atoms with van der Waals surface area (Å²) in [4.78, 5) is 40.1. The topological polar surface area (TPSA) is 88.2 Å². The van der Waals surface area contributed by atoms with Crippen LogP contribution < -0.4 is 10.6 Å². The van der Waals surface area contributed by atoms with Crippen molar-refractivity contribution in [2.24, 2.45) is 0 Å². The lowest BCUT2D eigenvalue weighted by atomic mass is 10.1. The Hall–Kier alpha value is -2.58. The summed E-state index contributed by atoms with van der Waals surface area (Å²) < 4.78 is 1.85. The average Bonchev–Trinajstić information content (AvgIpc) is 2.95. The summed E-state index contributed by atoms with van der Waals surface area (Å²) in [7, 11) is 0. The SMILES string of the molecule is CC(=O)c1ccccc1NC(=O)CC(=O)Nc1nc2ccc(Br)cc2s1. The molecule has 0 aliphatic rings. The Balaban J connectivity index is 1.64. The number of nitrogens with one attached hydrogen (secondary N) is 2. The van der Waals surface area contributed by atoms with Gasteiger partial charge in [0.25, 0.3) is 0 Å². The minimum absolute atomic E-state index is 0.161. The van der Waals surface area contributed by atoms with Crippen LogP contribution in [-0.4, -0.2) is 22.6 Å². The molecule has 8 heteroatoms. The number of carbonyl (C=O) groups excluding carboxylic acids is 3. The minimum atomic E-state index is -0.500. The van der Waals surface area contributed by atoms with Crippen LogP contribution in [0.4, 0.5) is 10.8 Å². The molecule has 0 saturated carbocycles. The first-order valence-electron chi connectivity index (χ1n) is 7.68. The second-order valence-corrected chi connectivity index (χ2v) is 7.45. The van der Waals surface area contributed by atoms with Crippen molar-refractivity contribution >= 4 is 65.9 Å². The molecule has 2 amide bonds. The molecule has 1 heterocycles. The van der Waals surface area contributed by atoms with Crippen molar-refractivity contribution in [2.45, 2.75) is 13.3 Å². The molecule has 3 aromatic rings. The number of fused-ring (bicyclic) bond motifs is 1. The highest BCUT2D eigenvalue weighted by molar-refractivity contribution is 9.10. The zero-order valence-corrected chi connectivity index (χ0v) is 16.1. The monoisotopic (exact) mass is 431 g/mol. The minimum Gasteiger partial charge on any atom is -0.325 e. The summed E-state index contributed by atoms with van der Waals surface area (Å²) >= 11 is 4.72. The van der Waals surface area contributed by atoms with E-state index in [2.05, 4.69) is 31.5 Å². The van der Waals surface area contributed by atoms with Gasteiger partial charge in [0.05, 0.1) is 15.9 Å². The third-order valence-corrected chi connectivity index (χ3v) is 4.93. The van der Waals surface area contributed by atoms with Gasteiger partial charge in [0, 0.05) is 10.0 Å². The number of carbonyl (C=O) groups is 3. The Morgan fingerprint density at radius 2 is 1.81 bits per heavy atom. The van der Waals surface area contributed by atoms with Crippen LogP contribution in [0.2, 0.25) is 0 Å². The molecule has 0 aliphatic carbocycles. The van der Waals surface area contributed by atoms with Crippen molar-refractivity contribution in [3.8, 4) is 0 Å². The molecule has 1 aromatic heterocycles. The Kier molecular flexibility index (Phi) is 5.43. The van der Waals surface area contributed by atoms with Gasteiger partial charge in [-0.2, -0.15) is 0 Å². The van der Waals surface area contributed by atoms with Gasteiger partial charge < -0.3 is 10.6 Å². The number of rotatable bonds is 5. The fourth-order valence-corrected chi connectivity index (χ4v) is 3.79. The van der Waals surface area contributed by atoms with E-state index in [-0.39, 0.29) is 12.2 Å².